The third-order valence-corrected chi connectivity index (χ3v) is 9.05. The van der Waals surface area contributed by atoms with E-state index in [1.807, 2.05) is 51.1 Å². The second-order valence-electron chi connectivity index (χ2n) is 11.3. The summed E-state index contributed by atoms with van der Waals surface area (Å²) in [6, 6.07) is 8.45. The van der Waals surface area contributed by atoms with Gasteiger partial charge in [0.05, 0.1) is 5.52 Å². The number of fused-ring (bicyclic) bond motifs is 1. The van der Waals surface area contributed by atoms with Crippen LogP contribution < -0.4 is 5.32 Å². The highest BCUT2D eigenvalue weighted by molar-refractivity contribution is 9.10. The number of carbonyl (C=O) groups is 3. The molecule has 1 N–H and O–H groups in total. The first-order valence-corrected chi connectivity index (χ1v) is 14.8. The van der Waals surface area contributed by atoms with E-state index in [-0.39, 0.29) is 41.3 Å². The van der Waals surface area contributed by atoms with Crippen molar-refractivity contribution >= 4 is 50.2 Å². The lowest BCUT2D eigenvalue weighted by Gasteiger charge is -2.32. The number of pyridine rings is 1. The lowest BCUT2D eigenvalue weighted by atomic mass is 9.79. The summed E-state index contributed by atoms with van der Waals surface area (Å²) in [5.41, 5.74) is 3.17. The molecule has 1 aromatic carbocycles. The minimum atomic E-state index is -0.681. The fraction of sp³-hybridized carbons (Fsp3) is 0.387. The zero-order chi connectivity index (χ0) is 30.3. The summed E-state index contributed by atoms with van der Waals surface area (Å²) < 4.78 is 2.17. The fourth-order valence-electron chi connectivity index (χ4n) is 5.69. The molecule has 0 saturated carbocycles. The number of likely N-dealkylation sites (tertiary alicyclic amines) is 1. The monoisotopic (exact) mass is 631 g/mol. The number of benzene rings is 1. The zero-order valence-electron chi connectivity index (χ0n) is 24.6. The second kappa shape index (κ2) is 11.4. The molecular weight excluding hydrogens is 598 g/mol. The van der Waals surface area contributed by atoms with Gasteiger partial charge in [-0.3, -0.25) is 19.1 Å². The van der Waals surface area contributed by atoms with Gasteiger partial charge in [-0.15, -0.1) is 0 Å². The summed E-state index contributed by atoms with van der Waals surface area (Å²) >= 11 is 3.37. The van der Waals surface area contributed by atoms with E-state index in [2.05, 4.69) is 55.1 Å². The van der Waals surface area contributed by atoms with E-state index in [9.17, 15) is 14.4 Å². The molecule has 0 bridgehead atoms. The first kappa shape index (κ1) is 29.5. The number of hydrogen-bond donors (Lipinski definition) is 1. The summed E-state index contributed by atoms with van der Waals surface area (Å²) in [6.07, 6.45) is 4.80. The highest BCUT2D eigenvalue weighted by Crippen LogP contribution is 2.43. The van der Waals surface area contributed by atoms with E-state index in [1.54, 1.807) is 22.0 Å². The van der Waals surface area contributed by atoms with Gasteiger partial charge in [-0.2, -0.15) is 5.10 Å². The number of aromatic nitrogens is 5. The largest absolute Gasteiger partial charge is 0.326 e. The molecule has 3 aromatic heterocycles. The van der Waals surface area contributed by atoms with E-state index in [0.717, 1.165) is 23.1 Å². The Hall–Kier alpha value is -3.99. The van der Waals surface area contributed by atoms with Gasteiger partial charge >= 0.3 is 0 Å². The predicted molar refractivity (Wildman–Crippen MR) is 164 cm³/mol. The number of rotatable bonds is 7. The van der Waals surface area contributed by atoms with Gasteiger partial charge in [-0.05, 0) is 84.3 Å². The molecule has 1 aliphatic heterocycles. The molecule has 0 spiro atoms. The van der Waals surface area contributed by atoms with Crippen molar-refractivity contribution in [3.63, 3.8) is 0 Å². The van der Waals surface area contributed by atoms with Crippen molar-refractivity contribution in [2.75, 3.05) is 5.32 Å². The van der Waals surface area contributed by atoms with Gasteiger partial charge in [-0.1, -0.05) is 26.0 Å². The molecule has 4 heterocycles. The SMILES string of the molecule is CC[C@@]1(C)C[C@@H](C(=O)Nc2nc(Br)ccc2C)N(C(=O)Cn2nc(C(C)=O)c3cc(-c4cnc(C)nc4)ccc32)[C@@H]1C. The Morgan fingerprint density at radius 3 is 2.48 bits per heavy atom. The molecule has 5 rings (SSSR count). The zero-order valence-corrected chi connectivity index (χ0v) is 26.2. The number of ketones is 1. The van der Waals surface area contributed by atoms with Crippen LogP contribution in [0.15, 0.2) is 47.3 Å². The Labute approximate surface area is 253 Å². The highest BCUT2D eigenvalue weighted by Gasteiger charge is 2.50. The molecule has 1 fully saturated rings. The Bertz CT molecular complexity index is 1700. The topological polar surface area (TPSA) is 123 Å². The van der Waals surface area contributed by atoms with Crippen LogP contribution >= 0.6 is 15.9 Å². The molecule has 0 radical (unpaired) electrons. The van der Waals surface area contributed by atoms with Crippen molar-refractivity contribution in [3.8, 4) is 11.1 Å². The molecule has 1 aliphatic rings. The molecular formula is C31H34BrN7O3. The summed E-state index contributed by atoms with van der Waals surface area (Å²) in [5.74, 6) is 0.403. The quantitative estimate of drug-likeness (QED) is 0.210. The molecule has 0 aliphatic carbocycles. The van der Waals surface area contributed by atoms with Gasteiger partial charge in [0.15, 0.2) is 5.78 Å². The number of aryl methyl sites for hydroxylation is 2. The van der Waals surface area contributed by atoms with Crippen LogP contribution in [-0.4, -0.2) is 59.3 Å². The first-order valence-electron chi connectivity index (χ1n) is 14.0. The van der Waals surface area contributed by atoms with E-state index >= 15 is 0 Å². The van der Waals surface area contributed by atoms with E-state index in [4.69, 9.17) is 0 Å². The molecule has 3 atom stereocenters. The van der Waals surface area contributed by atoms with Crippen LogP contribution in [-0.2, 0) is 16.1 Å². The number of anilines is 1. The van der Waals surface area contributed by atoms with Gasteiger partial charge in [0, 0.05) is 36.3 Å². The normalized spacial score (nSPS) is 20.2. The van der Waals surface area contributed by atoms with Crippen molar-refractivity contribution in [1.29, 1.82) is 0 Å². The van der Waals surface area contributed by atoms with Crippen LogP contribution in [0.25, 0.3) is 22.0 Å². The molecule has 42 heavy (non-hydrogen) atoms. The Morgan fingerprint density at radius 2 is 1.81 bits per heavy atom. The molecule has 1 saturated heterocycles. The maximum Gasteiger partial charge on any atom is 0.248 e. The molecule has 2 amide bonds. The van der Waals surface area contributed by atoms with Crippen LogP contribution in [0.5, 0.6) is 0 Å². The van der Waals surface area contributed by atoms with Crippen LogP contribution in [0, 0.1) is 19.3 Å². The average molecular weight is 633 g/mol. The lowest BCUT2D eigenvalue weighted by molar-refractivity contribution is -0.139. The Balaban J connectivity index is 1.47. The summed E-state index contributed by atoms with van der Waals surface area (Å²) in [5, 5.41) is 8.15. The van der Waals surface area contributed by atoms with Crippen molar-refractivity contribution in [1.82, 2.24) is 29.6 Å². The van der Waals surface area contributed by atoms with E-state index in [1.165, 1.54) is 6.92 Å². The maximum atomic E-state index is 14.0. The smallest absolute Gasteiger partial charge is 0.248 e. The van der Waals surface area contributed by atoms with Gasteiger partial charge in [0.1, 0.15) is 34.5 Å². The third-order valence-electron chi connectivity index (χ3n) is 8.61. The molecule has 4 aromatic rings. The van der Waals surface area contributed by atoms with Crippen LogP contribution in [0.2, 0.25) is 0 Å². The minimum Gasteiger partial charge on any atom is -0.326 e. The van der Waals surface area contributed by atoms with Gasteiger partial charge in [-0.25, -0.2) is 15.0 Å². The number of hydrogen-bond acceptors (Lipinski definition) is 7. The number of halogens is 1. The van der Waals surface area contributed by atoms with Crippen molar-refractivity contribution in [2.24, 2.45) is 5.41 Å². The van der Waals surface area contributed by atoms with Crippen LogP contribution in [0.3, 0.4) is 0 Å². The fourth-order valence-corrected chi connectivity index (χ4v) is 6.00. The highest BCUT2D eigenvalue weighted by atomic mass is 79.9. The standard InChI is InChI=1S/C31H34BrN7O3/c1-7-31(6)13-25(30(42)36-29-17(2)8-11-26(32)35-29)39(19(31)4)27(41)16-38-24-10-9-21(22-14-33-20(5)34-15-22)12-23(24)28(37-38)18(3)40/h8-12,14-15,19,25H,7,13,16H2,1-6H3,(H,35,36,42)/t19-,25+,31+/m1/s1. The number of nitrogens with zero attached hydrogens (tertiary/aromatic N) is 6. The maximum absolute atomic E-state index is 14.0. The summed E-state index contributed by atoms with van der Waals surface area (Å²) in [4.78, 5) is 54.9. The number of amides is 2. The first-order chi connectivity index (χ1) is 19.9. The second-order valence-corrected chi connectivity index (χ2v) is 12.1. The van der Waals surface area contributed by atoms with Crippen LogP contribution in [0.4, 0.5) is 5.82 Å². The molecule has 10 nitrogen and oxygen atoms in total. The van der Waals surface area contributed by atoms with Gasteiger partial charge < -0.3 is 10.2 Å². The minimum absolute atomic E-state index is 0.112. The predicted octanol–water partition coefficient (Wildman–Crippen LogP) is 5.51. The number of carbonyl (C=O) groups excluding carboxylic acids is 3. The molecule has 11 heteroatoms. The Morgan fingerprint density at radius 1 is 1.10 bits per heavy atom. The molecule has 0 unspecified atom stereocenters. The number of Topliss-reactive ketones (excluding diaryl/α,β-unsaturated/α-hetero) is 1. The summed E-state index contributed by atoms with van der Waals surface area (Å²) in [7, 11) is 0. The average Bonchev–Trinajstić information content (AvgIpc) is 3.45. The van der Waals surface area contributed by atoms with Gasteiger partial charge in [0.2, 0.25) is 11.8 Å². The van der Waals surface area contributed by atoms with Crippen LogP contribution in [0.1, 0.15) is 62.4 Å². The lowest BCUT2D eigenvalue weighted by Crippen LogP contribution is -2.48. The van der Waals surface area contributed by atoms with E-state index < -0.39 is 6.04 Å². The van der Waals surface area contributed by atoms with Crippen molar-refractivity contribution in [2.45, 2.75) is 73.0 Å². The van der Waals surface area contributed by atoms with E-state index in [0.29, 0.717) is 33.6 Å². The van der Waals surface area contributed by atoms with Crippen molar-refractivity contribution in [3.05, 3.63) is 64.4 Å². The Kier molecular flexibility index (Phi) is 7.98. The molecule has 218 valence electrons. The third kappa shape index (κ3) is 5.45. The summed E-state index contributed by atoms with van der Waals surface area (Å²) in [6.45, 7) is 11.2. The number of nitrogens with one attached hydrogen (secondary N) is 1. The van der Waals surface area contributed by atoms with Crippen molar-refractivity contribution < 1.29 is 14.4 Å². The van der Waals surface area contributed by atoms with Gasteiger partial charge in [0.25, 0.3) is 0 Å².